The third kappa shape index (κ3) is 4.20. The molecule has 1 atom stereocenters. The van der Waals surface area contributed by atoms with Crippen molar-refractivity contribution in [3.63, 3.8) is 0 Å². The Morgan fingerprint density at radius 2 is 2.04 bits per heavy atom. The molecule has 0 aliphatic carbocycles. The summed E-state index contributed by atoms with van der Waals surface area (Å²) >= 11 is 0. The van der Waals surface area contributed by atoms with Crippen LogP contribution in [0.25, 0.3) is 0 Å². The minimum Gasteiger partial charge on any atom is -0.439 e. The van der Waals surface area contributed by atoms with Gasteiger partial charge in [-0.25, -0.2) is 4.98 Å². The van der Waals surface area contributed by atoms with Crippen LogP contribution in [0.2, 0.25) is 0 Å². The number of pyridine rings is 1. The Morgan fingerprint density at radius 3 is 2.73 bits per heavy atom. The van der Waals surface area contributed by atoms with E-state index in [1.165, 1.54) is 0 Å². The molecule has 1 aromatic carbocycles. The minimum absolute atomic E-state index is 0.0367. The van der Waals surface area contributed by atoms with E-state index < -0.39 is 0 Å². The number of aromatic nitrogens is 1. The first-order valence-corrected chi connectivity index (χ1v) is 8.78. The fourth-order valence-corrected chi connectivity index (χ4v) is 2.98. The Balaban J connectivity index is 1.62. The number of rotatable bonds is 6. The second-order valence-electron chi connectivity index (χ2n) is 6.64. The maximum absolute atomic E-state index is 12.5. The number of hydrogen-bond acceptors (Lipinski definition) is 4. The third-order valence-electron chi connectivity index (χ3n) is 4.41. The van der Waals surface area contributed by atoms with Crippen molar-refractivity contribution in [1.29, 1.82) is 0 Å². The van der Waals surface area contributed by atoms with Crippen LogP contribution in [-0.2, 0) is 16.1 Å². The number of nitrogens with one attached hydrogen (secondary N) is 1. The summed E-state index contributed by atoms with van der Waals surface area (Å²) in [5.41, 5.74) is 0.787. The number of ether oxygens (including phenoxy) is 1. The van der Waals surface area contributed by atoms with Gasteiger partial charge < -0.3 is 15.0 Å². The second-order valence-corrected chi connectivity index (χ2v) is 6.64. The highest BCUT2D eigenvalue weighted by atomic mass is 16.5. The lowest BCUT2D eigenvalue weighted by Gasteiger charge is -2.20. The van der Waals surface area contributed by atoms with Crippen molar-refractivity contribution in [2.75, 3.05) is 6.54 Å². The number of para-hydroxylation sites is 1. The van der Waals surface area contributed by atoms with Crippen molar-refractivity contribution in [2.45, 2.75) is 32.9 Å². The first kappa shape index (κ1) is 17.9. The molecule has 1 saturated heterocycles. The first-order valence-electron chi connectivity index (χ1n) is 8.78. The van der Waals surface area contributed by atoms with Gasteiger partial charge in [0.2, 0.25) is 17.7 Å². The van der Waals surface area contributed by atoms with E-state index in [0.717, 1.165) is 5.56 Å². The molecule has 1 aliphatic rings. The van der Waals surface area contributed by atoms with Crippen LogP contribution in [0, 0.1) is 5.92 Å². The van der Waals surface area contributed by atoms with Crippen LogP contribution >= 0.6 is 0 Å². The summed E-state index contributed by atoms with van der Waals surface area (Å²) in [6, 6.07) is 13.2. The smallest absolute Gasteiger partial charge is 0.225 e. The molecule has 6 nitrogen and oxygen atoms in total. The highest BCUT2D eigenvalue weighted by molar-refractivity contribution is 5.89. The van der Waals surface area contributed by atoms with E-state index in [9.17, 15) is 9.59 Å². The van der Waals surface area contributed by atoms with E-state index in [4.69, 9.17) is 4.74 Å². The van der Waals surface area contributed by atoms with E-state index >= 15 is 0 Å². The number of likely N-dealkylation sites (tertiary alicyclic amines) is 1. The summed E-state index contributed by atoms with van der Waals surface area (Å²) in [6.07, 6.45) is 1.92. The molecule has 1 aromatic heterocycles. The van der Waals surface area contributed by atoms with Gasteiger partial charge in [0.25, 0.3) is 0 Å². The van der Waals surface area contributed by atoms with Crippen molar-refractivity contribution >= 4 is 11.8 Å². The van der Waals surface area contributed by atoms with Crippen molar-refractivity contribution in [2.24, 2.45) is 5.92 Å². The Bertz CT molecular complexity index is 777. The summed E-state index contributed by atoms with van der Waals surface area (Å²) in [4.78, 5) is 30.4. The average molecular weight is 353 g/mol. The quantitative estimate of drug-likeness (QED) is 0.867. The molecule has 1 N–H and O–H groups in total. The molecule has 2 aromatic rings. The van der Waals surface area contributed by atoms with Crippen LogP contribution in [0.4, 0.5) is 0 Å². The second kappa shape index (κ2) is 7.99. The third-order valence-corrected chi connectivity index (χ3v) is 4.41. The zero-order valence-corrected chi connectivity index (χ0v) is 15.0. The molecule has 0 saturated carbocycles. The number of nitrogens with zero attached hydrogens (tertiary/aromatic N) is 2. The van der Waals surface area contributed by atoms with Gasteiger partial charge in [-0.2, -0.15) is 0 Å². The summed E-state index contributed by atoms with van der Waals surface area (Å²) in [5, 5.41) is 2.91. The summed E-state index contributed by atoms with van der Waals surface area (Å²) in [7, 11) is 0. The van der Waals surface area contributed by atoms with Gasteiger partial charge in [0.1, 0.15) is 5.75 Å². The zero-order chi connectivity index (χ0) is 18.5. The maximum atomic E-state index is 12.5. The lowest BCUT2D eigenvalue weighted by molar-refractivity contribution is -0.130. The Morgan fingerprint density at radius 1 is 1.27 bits per heavy atom. The van der Waals surface area contributed by atoms with Gasteiger partial charge in [-0.1, -0.05) is 24.3 Å². The highest BCUT2D eigenvalue weighted by Gasteiger charge is 2.35. The maximum Gasteiger partial charge on any atom is 0.225 e. The fourth-order valence-electron chi connectivity index (χ4n) is 2.98. The monoisotopic (exact) mass is 353 g/mol. The fraction of sp³-hybridized carbons (Fsp3) is 0.350. The molecule has 26 heavy (non-hydrogen) atoms. The van der Waals surface area contributed by atoms with Gasteiger partial charge in [-0.05, 0) is 32.0 Å². The molecule has 1 aliphatic heterocycles. The molecule has 0 spiro atoms. The van der Waals surface area contributed by atoms with Gasteiger partial charge in [0.05, 0.1) is 5.92 Å². The van der Waals surface area contributed by atoms with Gasteiger partial charge in [-0.3, -0.25) is 9.59 Å². The van der Waals surface area contributed by atoms with Gasteiger partial charge in [0, 0.05) is 37.3 Å². The highest BCUT2D eigenvalue weighted by Crippen LogP contribution is 2.23. The molecule has 2 heterocycles. The van der Waals surface area contributed by atoms with Crippen molar-refractivity contribution in [3.05, 3.63) is 54.2 Å². The van der Waals surface area contributed by atoms with Crippen LogP contribution in [0.5, 0.6) is 11.6 Å². The van der Waals surface area contributed by atoms with Crippen LogP contribution in [0.15, 0.2) is 48.7 Å². The van der Waals surface area contributed by atoms with Crippen molar-refractivity contribution < 1.29 is 14.3 Å². The summed E-state index contributed by atoms with van der Waals surface area (Å²) in [6.45, 7) is 4.70. The van der Waals surface area contributed by atoms with Gasteiger partial charge in [-0.15, -0.1) is 0 Å². The predicted molar refractivity (Wildman–Crippen MR) is 97.6 cm³/mol. The van der Waals surface area contributed by atoms with Crippen LogP contribution in [-0.4, -0.2) is 34.3 Å². The SMILES string of the molecule is CC(C)N1C[C@H](C(=O)NCc2cccnc2Oc2ccccc2)CC1=O. The summed E-state index contributed by atoms with van der Waals surface area (Å²) < 4.78 is 5.81. The van der Waals surface area contributed by atoms with Crippen LogP contribution in [0.1, 0.15) is 25.8 Å². The topological polar surface area (TPSA) is 71.5 Å². The van der Waals surface area contributed by atoms with Crippen LogP contribution in [0.3, 0.4) is 0 Å². The molecular formula is C20H23N3O3. The van der Waals surface area contributed by atoms with Crippen molar-refractivity contribution in [3.8, 4) is 11.6 Å². The van der Waals surface area contributed by atoms with Gasteiger partial charge >= 0.3 is 0 Å². The van der Waals surface area contributed by atoms with E-state index in [1.807, 2.05) is 50.2 Å². The molecular weight excluding hydrogens is 330 g/mol. The Kier molecular flexibility index (Phi) is 5.51. The number of amides is 2. The molecule has 0 bridgehead atoms. The molecule has 2 amide bonds. The zero-order valence-electron chi connectivity index (χ0n) is 15.0. The molecule has 0 radical (unpaired) electrons. The number of carbonyl (C=O) groups excluding carboxylic acids is 2. The largest absolute Gasteiger partial charge is 0.439 e. The average Bonchev–Trinajstić information content (AvgIpc) is 3.04. The molecule has 6 heteroatoms. The lowest BCUT2D eigenvalue weighted by atomic mass is 10.1. The lowest BCUT2D eigenvalue weighted by Crippen LogP contribution is -2.35. The van der Waals surface area contributed by atoms with Crippen LogP contribution < -0.4 is 10.1 Å². The number of hydrogen-bond donors (Lipinski definition) is 1. The predicted octanol–water partition coefficient (Wildman–Crippen LogP) is 2.75. The molecule has 1 fully saturated rings. The summed E-state index contributed by atoms with van der Waals surface area (Å²) in [5.74, 6) is 0.767. The minimum atomic E-state index is -0.305. The van der Waals surface area contributed by atoms with E-state index in [-0.39, 0.29) is 30.2 Å². The standard InChI is InChI=1S/C20H23N3O3/c1-14(2)23-13-16(11-18(23)24)19(25)22-12-15-7-6-10-21-20(15)26-17-8-4-3-5-9-17/h3-10,14,16H,11-13H2,1-2H3,(H,22,25)/t16-/m1/s1. The normalized spacial score (nSPS) is 16.8. The van der Waals surface area contributed by atoms with Gasteiger partial charge in [0.15, 0.2) is 0 Å². The van der Waals surface area contributed by atoms with E-state index in [0.29, 0.717) is 24.7 Å². The molecule has 0 unspecified atom stereocenters. The molecule has 3 rings (SSSR count). The van der Waals surface area contributed by atoms with Crippen molar-refractivity contribution in [1.82, 2.24) is 15.2 Å². The van der Waals surface area contributed by atoms with E-state index in [2.05, 4.69) is 10.3 Å². The number of benzene rings is 1. The Hall–Kier alpha value is -2.89. The molecule has 136 valence electrons. The number of carbonyl (C=O) groups is 2. The first-order chi connectivity index (χ1) is 12.5. The Labute approximate surface area is 153 Å². The van der Waals surface area contributed by atoms with E-state index in [1.54, 1.807) is 17.2 Å².